The number of para-hydroxylation sites is 1. The molecule has 0 spiro atoms. The fourth-order valence-electron chi connectivity index (χ4n) is 1.41. The first kappa shape index (κ1) is 10.1. The van der Waals surface area contributed by atoms with Crippen LogP contribution in [0.1, 0.15) is 16.5 Å². The number of hydrogen-bond acceptors (Lipinski definition) is 4. The summed E-state index contributed by atoms with van der Waals surface area (Å²) in [7, 11) is 1.60. The zero-order chi connectivity index (χ0) is 10.7. The number of aliphatic hydroxyl groups excluding tert-OH is 1. The number of aliphatic hydroxyl groups is 1. The number of nitrogens with zero attached hydrogens (tertiary/aromatic N) is 1. The molecule has 3 nitrogen and oxygen atoms in total. The molecule has 1 atom stereocenters. The van der Waals surface area contributed by atoms with Crippen LogP contribution in [-0.2, 0) is 0 Å². The van der Waals surface area contributed by atoms with Crippen LogP contribution in [0.4, 0.5) is 0 Å². The van der Waals surface area contributed by atoms with Gasteiger partial charge in [0, 0.05) is 11.8 Å². The van der Waals surface area contributed by atoms with E-state index in [-0.39, 0.29) is 0 Å². The molecule has 1 aromatic carbocycles. The summed E-state index contributed by atoms with van der Waals surface area (Å²) < 4.78 is 5.19. The molecule has 4 heteroatoms. The standard InChI is InChI=1S/C11H11NO2S/c1-14-9-5-3-2-4-8(9)11(13)10-6-12-7-15-10/h2-7,11,13H,1H3. The maximum Gasteiger partial charge on any atom is 0.125 e. The van der Waals surface area contributed by atoms with Crippen LogP contribution in [0.15, 0.2) is 36.0 Å². The van der Waals surface area contributed by atoms with Crippen molar-refractivity contribution in [3.63, 3.8) is 0 Å². The second-order valence-electron chi connectivity index (χ2n) is 3.05. The zero-order valence-electron chi connectivity index (χ0n) is 8.25. The van der Waals surface area contributed by atoms with Crippen molar-refractivity contribution in [2.45, 2.75) is 6.10 Å². The molecule has 0 aliphatic rings. The van der Waals surface area contributed by atoms with E-state index in [9.17, 15) is 5.11 Å². The van der Waals surface area contributed by atoms with Crippen LogP contribution < -0.4 is 4.74 Å². The van der Waals surface area contributed by atoms with Crippen LogP contribution in [0.25, 0.3) is 0 Å². The molecule has 0 amide bonds. The summed E-state index contributed by atoms with van der Waals surface area (Å²) >= 11 is 1.43. The molecule has 0 saturated heterocycles. The van der Waals surface area contributed by atoms with Gasteiger partial charge in [-0.05, 0) is 6.07 Å². The molecule has 0 radical (unpaired) electrons. The molecule has 2 aromatic rings. The first-order valence-corrected chi connectivity index (χ1v) is 5.40. The molecule has 1 N–H and O–H groups in total. The van der Waals surface area contributed by atoms with Gasteiger partial charge in [-0.3, -0.25) is 4.98 Å². The first-order valence-electron chi connectivity index (χ1n) is 4.52. The third-order valence-electron chi connectivity index (χ3n) is 2.15. The number of hydrogen-bond donors (Lipinski definition) is 1. The molecule has 0 fully saturated rings. The molecule has 1 unspecified atom stereocenters. The Bertz CT molecular complexity index is 428. The highest BCUT2D eigenvalue weighted by molar-refractivity contribution is 7.09. The van der Waals surface area contributed by atoms with Gasteiger partial charge in [0.15, 0.2) is 0 Å². The molecular weight excluding hydrogens is 210 g/mol. The lowest BCUT2D eigenvalue weighted by Gasteiger charge is -2.12. The fraction of sp³-hybridized carbons (Fsp3) is 0.182. The third-order valence-corrected chi connectivity index (χ3v) is 2.98. The summed E-state index contributed by atoms with van der Waals surface area (Å²) in [6.45, 7) is 0. The minimum atomic E-state index is -0.659. The summed E-state index contributed by atoms with van der Waals surface area (Å²) in [5, 5.41) is 10.1. The highest BCUT2D eigenvalue weighted by Crippen LogP contribution is 2.30. The van der Waals surface area contributed by atoms with E-state index in [1.54, 1.807) is 18.8 Å². The lowest BCUT2D eigenvalue weighted by atomic mass is 10.1. The SMILES string of the molecule is COc1ccccc1C(O)c1cncs1. The maximum absolute atomic E-state index is 10.1. The van der Waals surface area contributed by atoms with Gasteiger partial charge in [-0.1, -0.05) is 18.2 Å². The maximum atomic E-state index is 10.1. The van der Waals surface area contributed by atoms with Gasteiger partial charge < -0.3 is 9.84 Å². The van der Waals surface area contributed by atoms with Gasteiger partial charge in [-0.2, -0.15) is 0 Å². The van der Waals surface area contributed by atoms with E-state index in [2.05, 4.69) is 4.98 Å². The molecule has 0 saturated carbocycles. The van der Waals surface area contributed by atoms with Crippen molar-refractivity contribution in [1.29, 1.82) is 0 Å². The van der Waals surface area contributed by atoms with Crippen molar-refractivity contribution < 1.29 is 9.84 Å². The molecular formula is C11H11NO2S. The van der Waals surface area contributed by atoms with E-state index >= 15 is 0 Å². The Balaban J connectivity index is 2.37. The molecule has 78 valence electrons. The van der Waals surface area contributed by atoms with Crippen molar-refractivity contribution in [2.75, 3.05) is 7.11 Å². The highest BCUT2D eigenvalue weighted by Gasteiger charge is 2.15. The lowest BCUT2D eigenvalue weighted by Crippen LogP contribution is -2.00. The quantitative estimate of drug-likeness (QED) is 0.864. The smallest absolute Gasteiger partial charge is 0.125 e. The van der Waals surface area contributed by atoms with Crippen molar-refractivity contribution in [3.05, 3.63) is 46.4 Å². The Morgan fingerprint density at radius 2 is 2.20 bits per heavy atom. The Kier molecular flexibility index (Phi) is 2.99. The van der Waals surface area contributed by atoms with E-state index in [1.807, 2.05) is 24.3 Å². The van der Waals surface area contributed by atoms with Gasteiger partial charge in [0.1, 0.15) is 11.9 Å². The van der Waals surface area contributed by atoms with E-state index in [0.717, 1.165) is 10.4 Å². The van der Waals surface area contributed by atoms with Crippen LogP contribution in [-0.4, -0.2) is 17.2 Å². The summed E-state index contributed by atoms with van der Waals surface area (Å²) in [5.74, 6) is 0.693. The number of aromatic nitrogens is 1. The van der Waals surface area contributed by atoms with Crippen LogP contribution in [0.3, 0.4) is 0 Å². The average molecular weight is 221 g/mol. The molecule has 1 heterocycles. The topological polar surface area (TPSA) is 42.4 Å². The number of benzene rings is 1. The molecule has 0 aliphatic carbocycles. The van der Waals surface area contributed by atoms with E-state index in [1.165, 1.54) is 11.3 Å². The molecule has 0 aliphatic heterocycles. The molecule has 1 aromatic heterocycles. The Labute approximate surface area is 92.0 Å². The van der Waals surface area contributed by atoms with Gasteiger partial charge in [-0.25, -0.2) is 0 Å². The zero-order valence-corrected chi connectivity index (χ0v) is 9.07. The first-order chi connectivity index (χ1) is 7.33. The second-order valence-corrected chi connectivity index (χ2v) is 3.97. The van der Waals surface area contributed by atoms with Gasteiger partial charge in [0.05, 0.1) is 17.5 Å². The number of rotatable bonds is 3. The fourth-order valence-corrected chi connectivity index (χ4v) is 2.03. The van der Waals surface area contributed by atoms with Crippen molar-refractivity contribution in [1.82, 2.24) is 4.98 Å². The normalized spacial score (nSPS) is 12.4. The Morgan fingerprint density at radius 3 is 2.87 bits per heavy atom. The Morgan fingerprint density at radius 1 is 1.40 bits per heavy atom. The number of methoxy groups -OCH3 is 1. The number of ether oxygens (including phenoxy) is 1. The monoisotopic (exact) mass is 221 g/mol. The summed E-state index contributed by atoms with van der Waals surface area (Å²) in [5.41, 5.74) is 2.47. The van der Waals surface area contributed by atoms with E-state index in [0.29, 0.717) is 5.75 Å². The van der Waals surface area contributed by atoms with Gasteiger partial charge in [0.25, 0.3) is 0 Å². The second kappa shape index (κ2) is 4.42. The van der Waals surface area contributed by atoms with Crippen molar-refractivity contribution >= 4 is 11.3 Å². The van der Waals surface area contributed by atoms with Crippen LogP contribution in [0.2, 0.25) is 0 Å². The summed E-state index contributed by atoms with van der Waals surface area (Å²) in [6, 6.07) is 7.44. The lowest BCUT2D eigenvalue weighted by molar-refractivity contribution is 0.218. The highest BCUT2D eigenvalue weighted by atomic mass is 32.1. The Hall–Kier alpha value is -1.39. The van der Waals surface area contributed by atoms with Gasteiger partial charge in [0.2, 0.25) is 0 Å². The minimum absolute atomic E-state index is 0.659. The minimum Gasteiger partial charge on any atom is -0.496 e. The van der Waals surface area contributed by atoms with Crippen molar-refractivity contribution in [2.24, 2.45) is 0 Å². The predicted molar refractivity (Wildman–Crippen MR) is 59.2 cm³/mol. The van der Waals surface area contributed by atoms with Crippen LogP contribution in [0, 0.1) is 0 Å². The largest absolute Gasteiger partial charge is 0.496 e. The van der Waals surface area contributed by atoms with Crippen molar-refractivity contribution in [3.8, 4) is 5.75 Å². The third kappa shape index (κ3) is 2.00. The molecule has 15 heavy (non-hydrogen) atoms. The summed E-state index contributed by atoms with van der Waals surface area (Å²) in [6.07, 6.45) is 1.01. The van der Waals surface area contributed by atoms with Crippen LogP contribution in [0.5, 0.6) is 5.75 Å². The molecule has 2 rings (SSSR count). The average Bonchev–Trinajstić information content (AvgIpc) is 2.81. The van der Waals surface area contributed by atoms with Crippen LogP contribution >= 0.6 is 11.3 Å². The van der Waals surface area contributed by atoms with Gasteiger partial charge in [-0.15, -0.1) is 11.3 Å². The van der Waals surface area contributed by atoms with Gasteiger partial charge >= 0.3 is 0 Å². The van der Waals surface area contributed by atoms with E-state index in [4.69, 9.17) is 4.74 Å². The predicted octanol–water partition coefficient (Wildman–Crippen LogP) is 2.23. The summed E-state index contributed by atoms with van der Waals surface area (Å²) in [4.78, 5) is 4.76. The molecule has 0 bridgehead atoms. The van der Waals surface area contributed by atoms with E-state index < -0.39 is 6.10 Å². The number of thiazole rings is 1.